The summed E-state index contributed by atoms with van der Waals surface area (Å²) >= 11 is 3.49. The molecular formula is C14H11BrN4. The number of nitrogens with one attached hydrogen (secondary N) is 2. The zero-order chi connectivity index (χ0) is 13.1. The molecule has 4 nitrogen and oxygen atoms in total. The van der Waals surface area contributed by atoms with Gasteiger partial charge in [0.1, 0.15) is 0 Å². The topological polar surface area (TPSA) is 48.8 Å². The number of rotatable bonds is 2. The molecule has 0 saturated carbocycles. The highest BCUT2D eigenvalue weighted by atomic mass is 79.9. The van der Waals surface area contributed by atoms with Crippen molar-refractivity contribution in [2.24, 2.45) is 10.2 Å². The summed E-state index contributed by atoms with van der Waals surface area (Å²) in [7, 11) is 0. The first-order chi connectivity index (χ1) is 9.34. The first-order valence-electron chi connectivity index (χ1n) is 5.82. The minimum atomic E-state index is 0.687. The summed E-state index contributed by atoms with van der Waals surface area (Å²) in [5.74, 6) is 1.39. The van der Waals surface area contributed by atoms with Crippen molar-refractivity contribution >= 4 is 27.6 Å². The Morgan fingerprint density at radius 2 is 1.37 bits per heavy atom. The second-order valence-corrected chi connectivity index (χ2v) is 4.85. The van der Waals surface area contributed by atoms with Crippen molar-refractivity contribution in [3.8, 4) is 0 Å². The first-order valence-corrected chi connectivity index (χ1v) is 6.62. The van der Waals surface area contributed by atoms with Gasteiger partial charge in [0.15, 0.2) is 11.7 Å². The Labute approximate surface area is 119 Å². The molecule has 0 fully saturated rings. The van der Waals surface area contributed by atoms with Crippen LogP contribution >= 0.6 is 15.9 Å². The van der Waals surface area contributed by atoms with Crippen LogP contribution in [0.2, 0.25) is 0 Å². The number of hydrogen-bond donors (Lipinski definition) is 2. The number of hydrogen-bond acceptors (Lipinski definition) is 4. The third-order valence-corrected chi connectivity index (χ3v) is 3.42. The van der Waals surface area contributed by atoms with Crippen LogP contribution in [0.15, 0.2) is 69.3 Å². The summed E-state index contributed by atoms with van der Waals surface area (Å²) in [6.07, 6.45) is 0. The van der Waals surface area contributed by atoms with Gasteiger partial charge in [0.05, 0.1) is 0 Å². The van der Waals surface area contributed by atoms with E-state index >= 15 is 0 Å². The number of halogens is 1. The summed E-state index contributed by atoms with van der Waals surface area (Å²) in [6.45, 7) is 0. The second kappa shape index (κ2) is 5.24. The zero-order valence-corrected chi connectivity index (χ0v) is 11.6. The second-order valence-electron chi connectivity index (χ2n) is 3.99. The van der Waals surface area contributed by atoms with Gasteiger partial charge in [-0.25, -0.2) is 0 Å². The van der Waals surface area contributed by atoms with Crippen LogP contribution in [0.1, 0.15) is 11.1 Å². The van der Waals surface area contributed by atoms with Crippen molar-refractivity contribution in [1.29, 1.82) is 0 Å². The van der Waals surface area contributed by atoms with E-state index in [1.165, 1.54) is 0 Å². The van der Waals surface area contributed by atoms with Gasteiger partial charge in [0, 0.05) is 15.6 Å². The molecule has 0 radical (unpaired) electrons. The Hall–Kier alpha value is -2.14. The minimum absolute atomic E-state index is 0.687. The SMILES string of the molecule is Brc1ccccc1C1=NN=C(c2ccccc2)NN1. The molecule has 0 aliphatic carbocycles. The maximum absolute atomic E-state index is 4.22. The van der Waals surface area contributed by atoms with Gasteiger partial charge in [-0.1, -0.05) is 64.5 Å². The fourth-order valence-corrected chi connectivity index (χ4v) is 2.24. The molecule has 0 unspecified atom stereocenters. The van der Waals surface area contributed by atoms with Gasteiger partial charge in [-0.05, 0) is 6.07 Å². The predicted molar refractivity (Wildman–Crippen MR) is 79.9 cm³/mol. The Bertz CT molecular complexity index is 650. The molecule has 1 heterocycles. The summed E-state index contributed by atoms with van der Waals surface area (Å²) in [6, 6.07) is 17.7. The van der Waals surface area contributed by atoms with Crippen molar-refractivity contribution in [2.75, 3.05) is 0 Å². The van der Waals surface area contributed by atoms with Gasteiger partial charge in [0.2, 0.25) is 0 Å². The van der Waals surface area contributed by atoms with E-state index < -0.39 is 0 Å². The highest BCUT2D eigenvalue weighted by Gasteiger charge is 2.13. The fourth-order valence-electron chi connectivity index (χ4n) is 1.77. The molecule has 19 heavy (non-hydrogen) atoms. The van der Waals surface area contributed by atoms with Crippen LogP contribution in [0, 0.1) is 0 Å². The molecule has 0 aromatic heterocycles. The molecule has 0 saturated heterocycles. The van der Waals surface area contributed by atoms with Crippen molar-refractivity contribution in [3.05, 3.63) is 70.2 Å². The maximum Gasteiger partial charge on any atom is 0.175 e. The van der Waals surface area contributed by atoms with Crippen LogP contribution in [-0.4, -0.2) is 11.7 Å². The summed E-state index contributed by atoms with van der Waals surface area (Å²) in [5, 5.41) is 8.43. The van der Waals surface area contributed by atoms with Crippen LogP contribution in [0.5, 0.6) is 0 Å². The molecule has 0 bridgehead atoms. The van der Waals surface area contributed by atoms with E-state index in [9.17, 15) is 0 Å². The lowest BCUT2D eigenvalue weighted by atomic mass is 10.2. The smallest absolute Gasteiger partial charge is 0.175 e. The van der Waals surface area contributed by atoms with E-state index in [1.54, 1.807) is 0 Å². The van der Waals surface area contributed by atoms with Gasteiger partial charge in [-0.2, -0.15) is 0 Å². The lowest BCUT2D eigenvalue weighted by Crippen LogP contribution is -2.45. The number of amidine groups is 2. The van der Waals surface area contributed by atoms with Gasteiger partial charge in [0.25, 0.3) is 0 Å². The maximum atomic E-state index is 4.22. The minimum Gasteiger partial charge on any atom is -0.281 e. The lowest BCUT2D eigenvalue weighted by Gasteiger charge is -2.17. The van der Waals surface area contributed by atoms with Crippen LogP contribution in [-0.2, 0) is 0 Å². The molecule has 3 rings (SSSR count). The first kappa shape index (κ1) is 11.9. The predicted octanol–water partition coefficient (Wildman–Crippen LogP) is 2.67. The summed E-state index contributed by atoms with van der Waals surface area (Å²) in [5.41, 5.74) is 8.08. The molecular weight excluding hydrogens is 304 g/mol. The zero-order valence-electron chi connectivity index (χ0n) is 9.97. The third-order valence-electron chi connectivity index (χ3n) is 2.73. The van der Waals surface area contributed by atoms with Gasteiger partial charge in [-0.3, -0.25) is 10.9 Å². The highest BCUT2D eigenvalue weighted by molar-refractivity contribution is 9.10. The average Bonchev–Trinajstić information content (AvgIpc) is 2.49. The fraction of sp³-hybridized carbons (Fsp3) is 0. The largest absolute Gasteiger partial charge is 0.281 e. The normalized spacial score (nSPS) is 13.9. The van der Waals surface area contributed by atoms with Gasteiger partial charge >= 0.3 is 0 Å². The third kappa shape index (κ3) is 2.51. The Morgan fingerprint density at radius 1 is 0.737 bits per heavy atom. The van der Waals surface area contributed by atoms with Crippen LogP contribution in [0.25, 0.3) is 0 Å². The molecule has 2 N–H and O–H groups in total. The van der Waals surface area contributed by atoms with Crippen LogP contribution in [0.4, 0.5) is 0 Å². The lowest BCUT2D eigenvalue weighted by molar-refractivity contribution is 0.825. The van der Waals surface area contributed by atoms with E-state index in [0.717, 1.165) is 15.6 Å². The van der Waals surface area contributed by atoms with E-state index in [2.05, 4.69) is 37.0 Å². The van der Waals surface area contributed by atoms with E-state index in [0.29, 0.717) is 11.7 Å². The average molecular weight is 315 g/mol. The molecule has 0 amide bonds. The van der Waals surface area contributed by atoms with Crippen LogP contribution in [0.3, 0.4) is 0 Å². The number of benzene rings is 2. The molecule has 0 atom stereocenters. The molecule has 1 aliphatic rings. The van der Waals surface area contributed by atoms with E-state index in [1.807, 2.05) is 54.6 Å². The molecule has 94 valence electrons. The molecule has 0 spiro atoms. The van der Waals surface area contributed by atoms with E-state index in [4.69, 9.17) is 0 Å². The summed E-state index contributed by atoms with van der Waals surface area (Å²) in [4.78, 5) is 0. The van der Waals surface area contributed by atoms with Gasteiger partial charge in [-0.15, -0.1) is 10.2 Å². The molecule has 2 aromatic rings. The van der Waals surface area contributed by atoms with Gasteiger partial charge < -0.3 is 0 Å². The van der Waals surface area contributed by atoms with Crippen molar-refractivity contribution in [1.82, 2.24) is 10.9 Å². The molecule has 2 aromatic carbocycles. The summed E-state index contributed by atoms with van der Waals surface area (Å²) < 4.78 is 0.974. The number of hydrazine groups is 1. The van der Waals surface area contributed by atoms with Crippen molar-refractivity contribution < 1.29 is 0 Å². The number of nitrogens with zero attached hydrogens (tertiary/aromatic N) is 2. The standard InChI is InChI=1S/C14H11BrN4/c15-12-9-5-4-8-11(12)14-18-16-13(17-19-14)10-6-2-1-3-7-10/h1-9H,(H,16,17)(H,18,19). The molecule has 5 heteroatoms. The quantitative estimate of drug-likeness (QED) is 0.895. The monoisotopic (exact) mass is 314 g/mol. The van der Waals surface area contributed by atoms with Crippen LogP contribution < -0.4 is 10.9 Å². The van der Waals surface area contributed by atoms with E-state index in [-0.39, 0.29) is 0 Å². The highest BCUT2D eigenvalue weighted by Crippen LogP contribution is 2.16. The van der Waals surface area contributed by atoms with Crippen molar-refractivity contribution in [2.45, 2.75) is 0 Å². The Morgan fingerprint density at radius 3 is 2.05 bits per heavy atom. The molecule has 1 aliphatic heterocycles. The Kier molecular flexibility index (Phi) is 3.29. The van der Waals surface area contributed by atoms with Crippen molar-refractivity contribution in [3.63, 3.8) is 0 Å². The Balaban J connectivity index is 1.91.